The van der Waals surface area contributed by atoms with Crippen molar-refractivity contribution in [3.63, 3.8) is 0 Å². The number of hydrogen-bond acceptors (Lipinski definition) is 4. The number of furan rings is 2. The van der Waals surface area contributed by atoms with Gasteiger partial charge in [0, 0.05) is 27.3 Å². The minimum Gasteiger partial charge on any atom is -0.456 e. The summed E-state index contributed by atoms with van der Waals surface area (Å²) in [4.78, 5) is 10.2. The van der Waals surface area contributed by atoms with E-state index in [2.05, 4.69) is 121 Å². The largest absolute Gasteiger partial charge is 0.456 e. The third-order valence-corrected chi connectivity index (χ3v) is 10.0. The summed E-state index contributed by atoms with van der Waals surface area (Å²) in [6.45, 7) is 0. The molecule has 8 aromatic carbocycles. The summed E-state index contributed by atoms with van der Waals surface area (Å²) in [7, 11) is 0. The number of aromatic nitrogens is 2. The third-order valence-electron chi connectivity index (χ3n) is 10.0. The highest BCUT2D eigenvalue weighted by atomic mass is 16.3. The lowest BCUT2D eigenvalue weighted by Gasteiger charge is -2.12. The zero-order valence-electron chi connectivity index (χ0n) is 26.7. The molecule has 11 aromatic rings. The van der Waals surface area contributed by atoms with Gasteiger partial charge < -0.3 is 8.83 Å². The van der Waals surface area contributed by atoms with Gasteiger partial charge in [0.25, 0.3) is 0 Å². The quantitative estimate of drug-likeness (QED) is 0.180. The summed E-state index contributed by atoms with van der Waals surface area (Å²) >= 11 is 0. The lowest BCUT2D eigenvalue weighted by atomic mass is 9.90. The molecule has 0 atom stereocenters. The van der Waals surface area contributed by atoms with Gasteiger partial charge >= 0.3 is 0 Å². The molecule has 0 bridgehead atoms. The maximum absolute atomic E-state index is 6.50. The molecule has 0 aliphatic heterocycles. The Morgan fingerprint density at radius 1 is 0.340 bits per heavy atom. The fourth-order valence-corrected chi connectivity index (χ4v) is 7.71. The second-order valence-corrected chi connectivity index (χ2v) is 12.9. The lowest BCUT2D eigenvalue weighted by molar-refractivity contribution is 0.667. The van der Waals surface area contributed by atoms with Gasteiger partial charge in [-0.3, -0.25) is 0 Å². The average Bonchev–Trinajstić information content (AvgIpc) is 3.76. The first-order chi connectivity index (χ1) is 24.8. The molecule has 11 rings (SSSR count). The first-order valence-electron chi connectivity index (χ1n) is 16.8. The second-order valence-electron chi connectivity index (χ2n) is 12.9. The van der Waals surface area contributed by atoms with Crippen LogP contribution < -0.4 is 0 Å². The molecule has 4 nitrogen and oxygen atoms in total. The smallest absolute Gasteiger partial charge is 0.180 e. The molecule has 0 aliphatic carbocycles. The number of fused-ring (bicyclic) bond motifs is 6. The Bertz CT molecular complexity index is 3080. The van der Waals surface area contributed by atoms with Gasteiger partial charge in [-0.2, -0.15) is 0 Å². The molecule has 0 spiro atoms. The number of para-hydroxylation sites is 1. The van der Waals surface area contributed by atoms with E-state index >= 15 is 0 Å². The molecule has 232 valence electrons. The maximum atomic E-state index is 6.50. The van der Waals surface area contributed by atoms with Gasteiger partial charge in [0.15, 0.2) is 11.4 Å². The summed E-state index contributed by atoms with van der Waals surface area (Å²) in [5.74, 6) is 0.663. The molecule has 0 radical (unpaired) electrons. The molecule has 0 aliphatic rings. The van der Waals surface area contributed by atoms with Gasteiger partial charge in [-0.25, -0.2) is 9.97 Å². The Morgan fingerprint density at radius 3 is 1.88 bits per heavy atom. The van der Waals surface area contributed by atoms with Crippen LogP contribution in [0.25, 0.3) is 110 Å². The number of hydrogen-bond donors (Lipinski definition) is 0. The van der Waals surface area contributed by atoms with E-state index in [1.54, 1.807) is 0 Å². The molecule has 0 N–H and O–H groups in total. The van der Waals surface area contributed by atoms with Crippen LogP contribution in [0, 0.1) is 0 Å². The highest BCUT2D eigenvalue weighted by Gasteiger charge is 2.20. The molecular formula is C46H26N2O2. The number of benzene rings is 8. The predicted molar refractivity (Wildman–Crippen MR) is 205 cm³/mol. The monoisotopic (exact) mass is 638 g/mol. The molecule has 0 amide bonds. The normalized spacial score (nSPS) is 12.0. The van der Waals surface area contributed by atoms with E-state index in [9.17, 15) is 0 Å². The standard InChI is InChI=1S/C46H26N2O2/c1-3-11-27(12-4-1)32-25-37-33-22-21-30(24-36(33)34-18-10-20-39-41(34)42(37)40(26-32)49-39)29-15-9-16-31(23-29)46-47-43(28-13-5-2-6-14-28)45-44(48-46)35-17-7-8-19-38(35)50-45/h1-26H. The van der Waals surface area contributed by atoms with Gasteiger partial charge in [0.05, 0.1) is 0 Å². The van der Waals surface area contributed by atoms with Crippen LogP contribution >= 0.6 is 0 Å². The lowest BCUT2D eigenvalue weighted by Crippen LogP contribution is -1.94. The van der Waals surface area contributed by atoms with Gasteiger partial charge in [0.2, 0.25) is 0 Å². The molecule has 0 unspecified atom stereocenters. The highest BCUT2D eigenvalue weighted by molar-refractivity contribution is 6.33. The zero-order chi connectivity index (χ0) is 32.8. The van der Waals surface area contributed by atoms with Crippen molar-refractivity contribution in [3.8, 4) is 44.9 Å². The summed E-state index contributed by atoms with van der Waals surface area (Å²) in [6.07, 6.45) is 0. The van der Waals surface area contributed by atoms with Crippen molar-refractivity contribution in [3.05, 3.63) is 158 Å². The first-order valence-corrected chi connectivity index (χ1v) is 16.8. The van der Waals surface area contributed by atoms with Crippen molar-refractivity contribution in [1.29, 1.82) is 0 Å². The zero-order valence-corrected chi connectivity index (χ0v) is 26.7. The minimum atomic E-state index is 0.663. The van der Waals surface area contributed by atoms with Gasteiger partial charge in [-0.05, 0) is 86.3 Å². The molecule has 0 saturated heterocycles. The van der Waals surface area contributed by atoms with Crippen LogP contribution in [0.5, 0.6) is 0 Å². The Labute approximate surface area is 286 Å². The molecule has 3 aromatic heterocycles. The Kier molecular flexibility index (Phi) is 5.63. The topological polar surface area (TPSA) is 52.1 Å². The first kappa shape index (κ1) is 27.2. The predicted octanol–water partition coefficient (Wildman–Crippen LogP) is 12.7. The van der Waals surface area contributed by atoms with Crippen molar-refractivity contribution in [1.82, 2.24) is 9.97 Å². The Hall–Kier alpha value is -6.78. The van der Waals surface area contributed by atoms with Crippen molar-refractivity contribution < 1.29 is 8.83 Å². The van der Waals surface area contributed by atoms with E-state index in [1.165, 1.54) is 37.9 Å². The van der Waals surface area contributed by atoms with Gasteiger partial charge in [-0.1, -0.05) is 115 Å². The number of nitrogens with zero attached hydrogens (tertiary/aromatic N) is 2. The summed E-state index contributed by atoms with van der Waals surface area (Å²) < 4.78 is 12.8. The van der Waals surface area contributed by atoms with E-state index < -0.39 is 0 Å². The fraction of sp³-hybridized carbons (Fsp3) is 0. The van der Waals surface area contributed by atoms with Crippen molar-refractivity contribution in [2.45, 2.75) is 0 Å². The van der Waals surface area contributed by atoms with Crippen molar-refractivity contribution >= 4 is 65.6 Å². The summed E-state index contributed by atoms with van der Waals surface area (Å²) in [5, 5.41) is 8.16. The van der Waals surface area contributed by atoms with E-state index in [-0.39, 0.29) is 0 Å². The average molecular weight is 639 g/mol. The summed E-state index contributed by atoms with van der Waals surface area (Å²) in [6, 6.07) is 55.0. The highest BCUT2D eigenvalue weighted by Crippen LogP contribution is 2.45. The Morgan fingerprint density at radius 2 is 1.00 bits per heavy atom. The van der Waals surface area contributed by atoms with E-state index in [4.69, 9.17) is 18.8 Å². The van der Waals surface area contributed by atoms with E-state index in [1.807, 2.05) is 36.4 Å². The van der Waals surface area contributed by atoms with Crippen LogP contribution in [0.15, 0.2) is 167 Å². The summed E-state index contributed by atoms with van der Waals surface area (Å²) in [5.41, 5.74) is 11.4. The van der Waals surface area contributed by atoms with Crippen molar-refractivity contribution in [2.24, 2.45) is 0 Å². The molecule has 4 heteroatoms. The SMILES string of the molecule is c1ccc(-c2cc3oc4cccc5c6cc(-c7cccc(-c8nc(-c9ccccc9)c9oc%10ccccc%10c9n8)c7)ccc6c(c2)c3c45)cc1. The van der Waals surface area contributed by atoms with Crippen LogP contribution in [0.3, 0.4) is 0 Å². The van der Waals surface area contributed by atoms with Crippen LogP contribution in [-0.2, 0) is 0 Å². The third kappa shape index (κ3) is 3.99. The second kappa shape index (κ2) is 10.4. The van der Waals surface area contributed by atoms with Gasteiger partial charge in [0.1, 0.15) is 28.0 Å². The molecule has 50 heavy (non-hydrogen) atoms. The van der Waals surface area contributed by atoms with Crippen LogP contribution in [0.1, 0.15) is 0 Å². The molecule has 0 fully saturated rings. The van der Waals surface area contributed by atoms with E-state index in [0.717, 1.165) is 61.2 Å². The van der Waals surface area contributed by atoms with Crippen molar-refractivity contribution in [2.75, 3.05) is 0 Å². The Balaban J connectivity index is 1.11. The maximum Gasteiger partial charge on any atom is 0.180 e. The molecule has 3 heterocycles. The van der Waals surface area contributed by atoms with Crippen LogP contribution in [0.4, 0.5) is 0 Å². The van der Waals surface area contributed by atoms with E-state index in [0.29, 0.717) is 11.4 Å². The van der Waals surface area contributed by atoms with Crippen LogP contribution in [0.2, 0.25) is 0 Å². The van der Waals surface area contributed by atoms with Gasteiger partial charge in [-0.15, -0.1) is 0 Å². The molecule has 0 saturated carbocycles. The fourth-order valence-electron chi connectivity index (χ4n) is 7.71. The minimum absolute atomic E-state index is 0.663. The molecular weight excluding hydrogens is 613 g/mol. The van der Waals surface area contributed by atoms with Crippen LogP contribution in [-0.4, -0.2) is 9.97 Å². The number of rotatable bonds is 4.